The van der Waals surface area contributed by atoms with Crippen LogP contribution in [0.4, 0.5) is 0 Å². The molecule has 0 spiro atoms. The number of aliphatic hydroxyl groups is 5. The third-order valence-corrected chi connectivity index (χ3v) is 2.04. The van der Waals surface area contributed by atoms with Gasteiger partial charge in [-0.15, -0.1) is 0 Å². The number of carbonyl (C=O) groups is 1. The first-order valence-corrected chi connectivity index (χ1v) is 5.51. The molecule has 0 aromatic heterocycles. The van der Waals surface area contributed by atoms with E-state index in [1.54, 1.807) is 0 Å². The Kier molecular flexibility index (Phi) is 10.3. The summed E-state index contributed by atoms with van der Waals surface area (Å²) in [6.45, 7) is -0.883. The summed E-state index contributed by atoms with van der Waals surface area (Å²) in [7, 11) is -3.15. The first-order valence-electron chi connectivity index (χ1n) is 4.42. The molecule has 0 aromatic carbocycles. The standard InChI is InChI=1S/C7H14O6.HO4P/c1-4(10)6(12)7(13,3-9)5(11)2-8;1-4-5(2)3/h5-6,8-9,11-13H,2-3H2,1H3;1H/p-1/t5-,6?,7?;/m0./s1. The van der Waals surface area contributed by atoms with Gasteiger partial charge in [-0.3, -0.25) is 4.79 Å². The van der Waals surface area contributed by atoms with Crippen LogP contribution in [0.15, 0.2) is 0 Å². The molecule has 0 radical (unpaired) electrons. The molecule has 0 bridgehead atoms. The molecule has 0 amide bonds. The molecule has 18 heavy (non-hydrogen) atoms. The van der Waals surface area contributed by atoms with E-state index in [1.165, 1.54) is 0 Å². The Bertz CT molecular complexity index is 271. The lowest BCUT2D eigenvalue weighted by Gasteiger charge is -2.33. The normalized spacial score (nSPS) is 17.9. The summed E-state index contributed by atoms with van der Waals surface area (Å²) in [5.41, 5.74) is -2.40. The Balaban J connectivity index is 0. The van der Waals surface area contributed by atoms with Gasteiger partial charge < -0.3 is 35.7 Å². The van der Waals surface area contributed by atoms with Gasteiger partial charge in [0.05, 0.1) is 13.2 Å². The molecule has 10 nitrogen and oxygen atoms in total. The molecular weight excluding hydrogens is 275 g/mol. The summed E-state index contributed by atoms with van der Waals surface area (Å²) in [4.78, 5) is 19.5. The van der Waals surface area contributed by atoms with E-state index in [9.17, 15) is 9.90 Å². The highest BCUT2D eigenvalue weighted by molar-refractivity contribution is 7.30. The topological polar surface area (TPSA) is 191 Å². The highest BCUT2D eigenvalue weighted by Gasteiger charge is 2.44. The maximum Gasteiger partial charge on any atom is 0.479 e. The van der Waals surface area contributed by atoms with Crippen LogP contribution in [0.3, 0.4) is 0 Å². The van der Waals surface area contributed by atoms with Crippen molar-refractivity contribution in [3.63, 3.8) is 0 Å². The van der Waals surface area contributed by atoms with Crippen molar-refractivity contribution in [3.8, 4) is 0 Å². The van der Waals surface area contributed by atoms with Crippen molar-refractivity contribution in [2.75, 3.05) is 13.2 Å². The van der Waals surface area contributed by atoms with Crippen LogP contribution in [0.1, 0.15) is 6.92 Å². The van der Waals surface area contributed by atoms with E-state index >= 15 is 0 Å². The molecule has 11 heteroatoms. The zero-order valence-electron chi connectivity index (χ0n) is 9.29. The Labute approximate surface area is 103 Å². The fourth-order valence-electron chi connectivity index (χ4n) is 0.884. The van der Waals surface area contributed by atoms with Gasteiger partial charge in [-0.1, -0.05) is 0 Å². The summed E-state index contributed by atoms with van der Waals surface area (Å²) in [6.07, 6.45) is -3.68. The van der Waals surface area contributed by atoms with Crippen LogP contribution in [0.5, 0.6) is 0 Å². The smallest absolute Gasteiger partial charge is 0.479 e. The quantitative estimate of drug-likeness (QED) is 0.180. The van der Waals surface area contributed by atoms with E-state index in [-0.39, 0.29) is 0 Å². The van der Waals surface area contributed by atoms with E-state index in [2.05, 4.69) is 4.67 Å². The Morgan fingerprint density at radius 3 is 2.00 bits per heavy atom. The van der Waals surface area contributed by atoms with Crippen LogP contribution < -0.4 is 10.2 Å². The molecule has 0 aliphatic carbocycles. The lowest BCUT2D eigenvalue weighted by atomic mass is 9.89. The van der Waals surface area contributed by atoms with Crippen molar-refractivity contribution >= 4 is 14.0 Å². The SMILES string of the molecule is CC(=O)C(O)C(O)(CO)[C@@H](O)CO.O=[P+]([O-])O[O-]. The van der Waals surface area contributed by atoms with E-state index in [4.69, 9.17) is 35.1 Å². The van der Waals surface area contributed by atoms with Gasteiger partial charge in [0.25, 0.3) is 0 Å². The number of ketones is 1. The van der Waals surface area contributed by atoms with Gasteiger partial charge in [-0.2, -0.15) is 0 Å². The van der Waals surface area contributed by atoms with E-state index in [1.807, 2.05) is 0 Å². The molecule has 0 fully saturated rings. The molecule has 0 aliphatic heterocycles. The fourth-order valence-corrected chi connectivity index (χ4v) is 0.884. The number of carbonyl (C=O) groups excluding carboxylic acids is 1. The average Bonchev–Trinajstić information content (AvgIpc) is 2.36. The summed E-state index contributed by atoms with van der Waals surface area (Å²) in [6, 6.07) is 0. The second kappa shape index (κ2) is 9.39. The average molecular weight is 289 g/mol. The minimum Gasteiger partial charge on any atom is -0.674 e. The maximum absolute atomic E-state index is 10.7. The van der Waals surface area contributed by atoms with Gasteiger partial charge in [-0.05, 0) is 11.5 Å². The van der Waals surface area contributed by atoms with Crippen LogP contribution in [0, 0.1) is 0 Å². The Hall–Kier alpha value is -0.550. The van der Waals surface area contributed by atoms with Crippen molar-refractivity contribution in [1.82, 2.24) is 0 Å². The van der Waals surface area contributed by atoms with E-state index in [0.29, 0.717) is 0 Å². The lowest BCUT2D eigenvalue weighted by Crippen LogP contribution is -2.58. The zero-order chi connectivity index (χ0) is 14.9. The molecule has 4 atom stereocenters. The molecule has 108 valence electrons. The minimum absolute atomic E-state index is 0.802. The van der Waals surface area contributed by atoms with Crippen molar-refractivity contribution in [2.45, 2.75) is 24.7 Å². The molecular formula is C7H14O10P-. The van der Waals surface area contributed by atoms with Gasteiger partial charge in [0, 0.05) is 0 Å². The van der Waals surface area contributed by atoms with Crippen LogP contribution >= 0.6 is 8.25 Å². The van der Waals surface area contributed by atoms with Gasteiger partial charge in [0.1, 0.15) is 17.8 Å². The third kappa shape index (κ3) is 6.40. The fraction of sp³-hybridized carbons (Fsp3) is 0.857. The van der Waals surface area contributed by atoms with Crippen molar-refractivity contribution in [1.29, 1.82) is 0 Å². The number of rotatable bonds is 6. The summed E-state index contributed by atoms with van der Waals surface area (Å²) < 4.78 is 11.3. The molecule has 3 unspecified atom stereocenters. The Morgan fingerprint density at radius 1 is 1.44 bits per heavy atom. The van der Waals surface area contributed by atoms with Crippen LogP contribution in [0.2, 0.25) is 0 Å². The largest absolute Gasteiger partial charge is 0.674 e. The molecule has 0 rings (SSSR count). The Morgan fingerprint density at radius 2 is 1.83 bits per heavy atom. The van der Waals surface area contributed by atoms with E-state index < -0.39 is 45.1 Å². The van der Waals surface area contributed by atoms with E-state index in [0.717, 1.165) is 6.92 Å². The van der Waals surface area contributed by atoms with Gasteiger partial charge in [0.2, 0.25) is 0 Å². The van der Waals surface area contributed by atoms with Crippen LogP contribution in [0.25, 0.3) is 0 Å². The van der Waals surface area contributed by atoms with Crippen LogP contribution in [-0.4, -0.2) is 62.3 Å². The second-order valence-corrected chi connectivity index (χ2v) is 3.76. The minimum atomic E-state index is -3.15. The highest BCUT2D eigenvalue weighted by Crippen LogP contribution is 2.16. The number of hydrogen-bond acceptors (Lipinski definition) is 10. The van der Waals surface area contributed by atoms with Crippen molar-refractivity contribution in [2.24, 2.45) is 0 Å². The summed E-state index contributed by atoms with van der Waals surface area (Å²) in [5, 5.41) is 53.2. The highest BCUT2D eigenvalue weighted by atomic mass is 31.1. The maximum atomic E-state index is 10.7. The molecule has 0 aromatic rings. The molecule has 0 saturated heterocycles. The monoisotopic (exact) mass is 289 g/mol. The van der Waals surface area contributed by atoms with Crippen molar-refractivity contribution < 1.29 is 49.7 Å². The molecule has 0 aliphatic rings. The lowest BCUT2D eigenvalue weighted by molar-refractivity contribution is -0.644. The predicted molar refractivity (Wildman–Crippen MR) is 50.5 cm³/mol. The number of hydrogen-bond donors (Lipinski definition) is 5. The predicted octanol–water partition coefficient (Wildman–Crippen LogP) is -4.69. The van der Waals surface area contributed by atoms with Crippen LogP contribution in [-0.2, 0) is 14.0 Å². The summed E-state index contributed by atoms with van der Waals surface area (Å²) >= 11 is 0. The molecule has 5 N–H and O–H groups in total. The first-order chi connectivity index (χ1) is 8.17. The van der Waals surface area contributed by atoms with Gasteiger partial charge in [-0.25, -0.2) is 4.67 Å². The van der Waals surface area contributed by atoms with Crippen molar-refractivity contribution in [3.05, 3.63) is 0 Å². The zero-order valence-corrected chi connectivity index (χ0v) is 10.2. The first kappa shape index (κ1) is 19.8. The number of aliphatic hydroxyl groups excluding tert-OH is 4. The molecule has 0 heterocycles. The summed E-state index contributed by atoms with van der Waals surface area (Å²) in [5.74, 6) is -0.802. The molecule has 0 saturated carbocycles. The second-order valence-electron chi connectivity index (χ2n) is 3.16. The third-order valence-electron chi connectivity index (χ3n) is 1.92. The number of Topliss-reactive ketones (excluding diaryl/α,β-unsaturated/α-hetero) is 1. The van der Waals surface area contributed by atoms with Gasteiger partial charge in [0.15, 0.2) is 5.78 Å². The van der Waals surface area contributed by atoms with Gasteiger partial charge >= 0.3 is 8.25 Å².